The quantitative estimate of drug-likeness (QED) is 0.508. The molecule has 1 amide bonds. The number of anilines is 1. The van der Waals surface area contributed by atoms with Crippen LogP contribution >= 0.6 is 11.6 Å². The molecule has 0 spiro atoms. The molecule has 2 heterocycles. The number of amides is 1. The number of hydrogen-bond acceptors (Lipinski definition) is 3. The van der Waals surface area contributed by atoms with Gasteiger partial charge in [-0.1, -0.05) is 54.1 Å². The second-order valence-electron chi connectivity index (χ2n) is 6.74. The van der Waals surface area contributed by atoms with Gasteiger partial charge in [0.15, 0.2) is 0 Å². The van der Waals surface area contributed by atoms with E-state index in [0.29, 0.717) is 17.3 Å². The Morgan fingerprint density at radius 3 is 2.66 bits per heavy atom. The topological polar surface area (TPSA) is 64.7 Å². The predicted octanol–water partition coefficient (Wildman–Crippen LogP) is 4.65. The number of carbonyl (C=O) groups excluding carboxylic acids is 1. The first kappa shape index (κ1) is 19.0. The summed E-state index contributed by atoms with van der Waals surface area (Å²) in [5.41, 5.74) is 2.69. The highest BCUT2D eigenvalue weighted by molar-refractivity contribution is 6.30. The molecule has 0 aliphatic carbocycles. The zero-order valence-corrected chi connectivity index (χ0v) is 16.6. The summed E-state index contributed by atoms with van der Waals surface area (Å²) in [6.45, 7) is 2.45. The Morgan fingerprint density at radius 2 is 1.90 bits per heavy atom. The van der Waals surface area contributed by atoms with Gasteiger partial charge < -0.3 is 9.88 Å². The highest BCUT2D eigenvalue weighted by Crippen LogP contribution is 2.22. The maximum absolute atomic E-state index is 12.8. The Kier molecular flexibility index (Phi) is 5.44. The summed E-state index contributed by atoms with van der Waals surface area (Å²) in [7, 11) is 0. The summed E-state index contributed by atoms with van der Waals surface area (Å²) in [4.78, 5) is 17.2. The molecule has 0 saturated heterocycles. The number of rotatable bonds is 6. The van der Waals surface area contributed by atoms with Gasteiger partial charge in [0.1, 0.15) is 11.9 Å². The van der Waals surface area contributed by atoms with E-state index in [2.05, 4.69) is 15.4 Å². The summed E-state index contributed by atoms with van der Waals surface area (Å²) >= 11 is 5.92. The van der Waals surface area contributed by atoms with E-state index in [4.69, 9.17) is 11.6 Å². The molecule has 0 saturated carbocycles. The molecule has 0 unspecified atom stereocenters. The summed E-state index contributed by atoms with van der Waals surface area (Å²) < 4.78 is 3.64. The maximum atomic E-state index is 12.8. The first-order valence-electron chi connectivity index (χ1n) is 9.26. The Balaban J connectivity index is 1.44. The molecule has 1 N–H and O–H groups in total. The van der Waals surface area contributed by atoms with E-state index in [0.717, 1.165) is 17.0 Å². The second kappa shape index (κ2) is 8.32. The average Bonchev–Trinajstić information content (AvgIpc) is 3.39. The molecular formula is C22H20ClN5O. The Morgan fingerprint density at radius 1 is 1.14 bits per heavy atom. The van der Waals surface area contributed by atoms with Crippen LogP contribution in [0.1, 0.15) is 18.5 Å². The maximum Gasteiger partial charge on any atom is 0.247 e. The van der Waals surface area contributed by atoms with Gasteiger partial charge in [-0.15, -0.1) is 0 Å². The summed E-state index contributed by atoms with van der Waals surface area (Å²) in [5.74, 6) is 0.623. The fraction of sp³-hybridized carbons (Fsp3) is 0.136. The third-order valence-corrected chi connectivity index (χ3v) is 4.91. The third kappa shape index (κ3) is 4.38. The zero-order valence-electron chi connectivity index (χ0n) is 15.9. The highest BCUT2D eigenvalue weighted by atomic mass is 35.5. The van der Waals surface area contributed by atoms with Crippen molar-refractivity contribution in [1.29, 1.82) is 0 Å². The van der Waals surface area contributed by atoms with Gasteiger partial charge in [0.25, 0.3) is 0 Å². The van der Waals surface area contributed by atoms with E-state index in [-0.39, 0.29) is 5.91 Å². The lowest BCUT2D eigenvalue weighted by Gasteiger charge is -2.15. The lowest BCUT2D eigenvalue weighted by atomic mass is 10.2. The number of carbonyl (C=O) groups is 1. The molecule has 2 aromatic heterocycles. The number of benzene rings is 2. The molecule has 4 aromatic rings. The minimum absolute atomic E-state index is 0.133. The highest BCUT2D eigenvalue weighted by Gasteiger charge is 2.19. The number of imidazole rings is 1. The van der Waals surface area contributed by atoms with Crippen molar-refractivity contribution in [2.75, 3.05) is 5.32 Å². The van der Waals surface area contributed by atoms with E-state index in [1.54, 1.807) is 17.1 Å². The molecule has 0 fully saturated rings. The van der Waals surface area contributed by atoms with Crippen molar-refractivity contribution in [3.05, 3.63) is 90.0 Å². The standard InChI is InChI=1S/C22H20ClN5O/c1-16(28-12-11-24-21(28)18-5-3-2-4-6-18)22(29)26-20-13-25-27(15-20)14-17-7-9-19(23)10-8-17/h2-13,15-16H,14H2,1H3,(H,26,29)/t16-/m1/s1. The van der Waals surface area contributed by atoms with Gasteiger partial charge in [0, 0.05) is 29.2 Å². The van der Waals surface area contributed by atoms with Crippen molar-refractivity contribution in [2.45, 2.75) is 19.5 Å². The Bertz CT molecular complexity index is 1100. The second-order valence-corrected chi connectivity index (χ2v) is 7.18. The largest absolute Gasteiger partial charge is 0.322 e. The summed E-state index contributed by atoms with van der Waals surface area (Å²) in [6, 6.07) is 17.0. The molecule has 146 valence electrons. The summed E-state index contributed by atoms with van der Waals surface area (Å²) in [5, 5.41) is 7.96. The molecule has 0 aliphatic heterocycles. The van der Waals surface area contributed by atoms with Gasteiger partial charge in [-0.25, -0.2) is 4.98 Å². The minimum Gasteiger partial charge on any atom is -0.322 e. The fourth-order valence-electron chi connectivity index (χ4n) is 3.10. The molecule has 1 atom stereocenters. The fourth-order valence-corrected chi connectivity index (χ4v) is 3.23. The van der Waals surface area contributed by atoms with E-state index >= 15 is 0 Å². The van der Waals surface area contributed by atoms with E-state index in [1.807, 2.05) is 78.5 Å². The van der Waals surface area contributed by atoms with E-state index in [1.165, 1.54) is 0 Å². The molecule has 7 heteroatoms. The van der Waals surface area contributed by atoms with Gasteiger partial charge in [-0.3, -0.25) is 9.48 Å². The number of halogens is 1. The first-order chi connectivity index (χ1) is 14.1. The van der Waals surface area contributed by atoms with Crippen molar-refractivity contribution in [1.82, 2.24) is 19.3 Å². The number of nitrogens with one attached hydrogen (secondary N) is 1. The Hall–Kier alpha value is -3.38. The molecule has 29 heavy (non-hydrogen) atoms. The van der Waals surface area contributed by atoms with E-state index < -0.39 is 6.04 Å². The average molecular weight is 406 g/mol. The van der Waals surface area contributed by atoms with Crippen LogP contribution in [0, 0.1) is 0 Å². The third-order valence-electron chi connectivity index (χ3n) is 4.66. The first-order valence-corrected chi connectivity index (χ1v) is 9.64. The number of nitrogens with zero attached hydrogens (tertiary/aromatic N) is 4. The molecule has 2 aromatic carbocycles. The van der Waals surface area contributed by atoms with Crippen LogP contribution in [-0.4, -0.2) is 25.2 Å². The van der Waals surface area contributed by atoms with Crippen LogP contribution in [0.5, 0.6) is 0 Å². The molecule has 0 aliphatic rings. The normalized spacial score (nSPS) is 11.9. The smallest absolute Gasteiger partial charge is 0.247 e. The van der Waals surface area contributed by atoms with Crippen molar-refractivity contribution in [3.8, 4) is 11.4 Å². The van der Waals surface area contributed by atoms with Crippen LogP contribution in [0.25, 0.3) is 11.4 Å². The minimum atomic E-state index is -0.424. The lowest BCUT2D eigenvalue weighted by molar-refractivity contribution is -0.118. The number of aromatic nitrogens is 4. The van der Waals surface area contributed by atoms with Gasteiger partial charge in [-0.2, -0.15) is 5.10 Å². The molecule has 0 bridgehead atoms. The van der Waals surface area contributed by atoms with Gasteiger partial charge >= 0.3 is 0 Å². The monoisotopic (exact) mass is 405 g/mol. The van der Waals surface area contributed by atoms with Crippen LogP contribution < -0.4 is 5.32 Å². The Labute approximate surface area is 173 Å². The van der Waals surface area contributed by atoms with Crippen LogP contribution in [0.2, 0.25) is 5.02 Å². The number of hydrogen-bond donors (Lipinski definition) is 1. The zero-order chi connectivity index (χ0) is 20.2. The van der Waals surface area contributed by atoms with Gasteiger partial charge in [-0.05, 0) is 24.6 Å². The van der Waals surface area contributed by atoms with Crippen LogP contribution in [0.4, 0.5) is 5.69 Å². The van der Waals surface area contributed by atoms with Crippen molar-refractivity contribution >= 4 is 23.2 Å². The van der Waals surface area contributed by atoms with Crippen LogP contribution in [-0.2, 0) is 11.3 Å². The van der Waals surface area contributed by atoms with E-state index in [9.17, 15) is 4.79 Å². The van der Waals surface area contributed by atoms with Gasteiger partial charge in [0.2, 0.25) is 5.91 Å². The molecule has 6 nitrogen and oxygen atoms in total. The van der Waals surface area contributed by atoms with Crippen LogP contribution in [0.15, 0.2) is 79.4 Å². The summed E-state index contributed by atoms with van der Waals surface area (Å²) in [6.07, 6.45) is 6.98. The van der Waals surface area contributed by atoms with Crippen molar-refractivity contribution in [3.63, 3.8) is 0 Å². The lowest BCUT2D eigenvalue weighted by Crippen LogP contribution is -2.23. The SMILES string of the molecule is C[C@H](C(=O)Nc1cnn(Cc2ccc(Cl)cc2)c1)n1ccnc1-c1ccccc1. The van der Waals surface area contributed by atoms with Crippen molar-refractivity contribution in [2.24, 2.45) is 0 Å². The molecular weight excluding hydrogens is 386 g/mol. The van der Waals surface area contributed by atoms with Gasteiger partial charge in [0.05, 0.1) is 18.4 Å². The van der Waals surface area contributed by atoms with Crippen molar-refractivity contribution < 1.29 is 4.79 Å². The molecule has 4 rings (SSSR count). The molecule has 0 radical (unpaired) electrons. The van der Waals surface area contributed by atoms with Crippen LogP contribution in [0.3, 0.4) is 0 Å². The predicted molar refractivity (Wildman–Crippen MR) is 114 cm³/mol.